The minimum Gasteiger partial charge on any atom is -0.494 e. The highest BCUT2D eigenvalue weighted by Gasteiger charge is 1.99. The number of nitrogens with one attached hydrogen (secondary N) is 1. The molecule has 0 unspecified atom stereocenters. The van der Waals surface area contributed by atoms with Crippen molar-refractivity contribution in [1.29, 1.82) is 0 Å². The zero-order chi connectivity index (χ0) is 10.1. The van der Waals surface area contributed by atoms with E-state index in [9.17, 15) is 0 Å². The summed E-state index contributed by atoms with van der Waals surface area (Å²) in [6.45, 7) is 3.53. The van der Waals surface area contributed by atoms with Crippen LogP contribution in [0.5, 0.6) is 0 Å². The Labute approximate surface area is 85.8 Å². The van der Waals surface area contributed by atoms with E-state index in [0.29, 0.717) is 0 Å². The van der Waals surface area contributed by atoms with Crippen LogP contribution in [0.1, 0.15) is 12.8 Å². The Kier molecular flexibility index (Phi) is 6.11. The summed E-state index contributed by atoms with van der Waals surface area (Å²) in [7, 11) is 1.71. The smallest absolute Gasteiger partial charge is 0.115 e. The predicted octanol–water partition coefficient (Wildman–Crippen LogP) is 1.47. The first-order valence-electron chi connectivity index (χ1n) is 5.12. The molecule has 0 aromatic carbocycles. The van der Waals surface area contributed by atoms with Crippen molar-refractivity contribution in [1.82, 2.24) is 5.32 Å². The van der Waals surface area contributed by atoms with E-state index in [-0.39, 0.29) is 0 Å². The first-order chi connectivity index (χ1) is 6.93. The molecule has 0 saturated heterocycles. The Hall–Kier alpha value is -0.800. The average molecular weight is 197 g/mol. The molecule has 1 heterocycles. The van der Waals surface area contributed by atoms with Crippen LogP contribution in [0.2, 0.25) is 0 Å². The van der Waals surface area contributed by atoms with Gasteiger partial charge in [0.05, 0.1) is 13.2 Å². The molecule has 80 valence electrons. The first-order valence-corrected chi connectivity index (χ1v) is 5.12. The van der Waals surface area contributed by atoms with E-state index in [2.05, 4.69) is 17.5 Å². The number of ether oxygens (including phenoxy) is 2. The minimum absolute atomic E-state index is 0.776. The van der Waals surface area contributed by atoms with Gasteiger partial charge in [-0.1, -0.05) is 6.08 Å². The summed E-state index contributed by atoms with van der Waals surface area (Å²) in [6, 6.07) is 0. The molecular formula is C11H19NO2. The second kappa shape index (κ2) is 7.59. The van der Waals surface area contributed by atoms with Gasteiger partial charge in [0.2, 0.25) is 0 Å². The lowest BCUT2D eigenvalue weighted by atomic mass is 10.3. The summed E-state index contributed by atoms with van der Waals surface area (Å²) >= 11 is 0. The van der Waals surface area contributed by atoms with Crippen molar-refractivity contribution in [2.75, 3.05) is 33.4 Å². The zero-order valence-corrected chi connectivity index (χ0v) is 8.79. The van der Waals surface area contributed by atoms with Gasteiger partial charge in [0, 0.05) is 20.1 Å². The van der Waals surface area contributed by atoms with Gasteiger partial charge in [-0.05, 0) is 25.1 Å². The van der Waals surface area contributed by atoms with Gasteiger partial charge in [0.15, 0.2) is 0 Å². The summed E-state index contributed by atoms with van der Waals surface area (Å²) in [5.41, 5.74) is 0. The summed E-state index contributed by atoms with van der Waals surface area (Å²) < 4.78 is 10.3. The summed E-state index contributed by atoms with van der Waals surface area (Å²) in [5, 5.41) is 3.28. The molecule has 0 bridgehead atoms. The molecule has 0 aliphatic carbocycles. The largest absolute Gasteiger partial charge is 0.494 e. The maximum Gasteiger partial charge on any atom is 0.115 e. The molecule has 0 atom stereocenters. The van der Waals surface area contributed by atoms with E-state index >= 15 is 0 Å². The average Bonchev–Trinajstić information content (AvgIpc) is 2.69. The third-order valence-corrected chi connectivity index (χ3v) is 1.98. The maximum atomic E-state index is 5.33. The van der Waals surface area contributed by atoms with Gasteiger partial charge in [0.25, 0.3) is 0 Å². The van der Waals surface area contributed by atoms with Crippen LogP contribution in [0, 0.1) is 0 Å². The zero-order valence-electron chi connectivity index (χ0n) is 8.79. The van der Waals surface area contributed by atoms with Crippen molar-refractivity contribution >= 4 is 0 Å². The molecule has 0 amide bonds. The van der Waals surface area contributed by atoms with Crippen LogP contribution in [0.3, 0.4) is 0 Å². The topological polar surface area (TPSA) is 30.5 Å². The summed E-state index contributed by atoms with van der Waals surface area (Å²) in [5.74, 6) is 1.02. The molecule has 14 heavy (non-hydrogen) atoms. The van der Waals surface area contributed by atoms with E-state index in [1.54, 1.807) is 7.11 Å². The highest BCUT2D eigenvalue weighted by atomic mass is 16.5. The third-order valence-electron chi connectivity index (χ3n) is 1.98. The van der Waals surface area contributed by atoms with Crippen LogP contribution in [-0.2, 0) is 9.47 Å². The monoisotopic (exact) mass is 197 g/mol. The van der Waals surface area contributed by atoms with Crippen molar-refractivity contribution in [3.05, 3.63) is 24.0 Å². The van der Waals surface area contributed by atoms with Gasteiger partial charge in [-0.15, -0.1) is 0 Å². The minimum atomic E-state index is 0.776. The Bertz CT molecular complexity index is 199. The number of hydrogen-bond acceptors (Lipinski definition) is 3. The van der Waals surface area contributed by atoms with Gasteiger partial charge in [-0.2, -0.15) is 0 Å². The van der Waals surface area contributed by atoms with Gasteiger partial charge in [-0.25, -0.2) is 0 Å². The molecular weight excluding hydrogens is 178 g/mol. The van der Waals surface area contributed by atoms with Gasteiger partial charge >= 0.3 is 0 Å². The SMILES string of the molecule is COCCNCC/C=C/C1=CCCO1. The highest BCUT2D eigenvalue weighted by molar-refractivity contribution is 5.14. The maximum absolute atomic E-state index is 5.33. The van der Waals surface area contributed by atoms with Gasteiger partial charge < -0.3 is 14.8 Å². The Morgan fingerprint density at radius 2 is 2.50 bits per heavy atom. The van der Waals surface area contributed by atoms with Crippen LogP contribution in [0.25, 0.3) is 0 Å². The second-order valence-corrected chi connectivity index (χ2v) is 3.18. The molecule has 3 nitrogen and oxygen atoms in total. The molecule has 0 saturated carbocycles. The van der Waals surface area contributed by atoms with Crippen molar-refractivity contribution in [3.8, 4) is 0 Å². The molecule has 0 radical (unpaired) electrons. The standard InChI is InChI=1S/C11H19NO2/c1-13-10-8-12-7-3-2-5-11-6-4-9-14-11/h2,5-6,12H,3-4,7-10H2,1H3/b5-2+. The molecule has 0 aromatic heterocycles. The highest BCUT2D eigenvalue weighted by Crippen LogP contribution is 2.09. The van der Waals surface area contributed by atoms with E-state index < -0.39 is 0 Å². The quantitative estimate of drug-likeness (QED) is 0.627. The fourth-order valence-corrected chi connectivity index (χ4v) is 1.24. The fraction of sp³-hybridized carbons (Fsp3) is 0.636. The Morgan fingerprint density at radius 3 is 3.21 bits per heavy atom. The number of hydrogen-bond donors (Lipinski definition) is 1. The lowest BCUT2D eigenvalue weighted by Crippen LogP contribution is -2.19. The summed E-state index contributed by atoms with van der Waals surface area (Å²) in [6.07, 6.45) is 8.38. The van der Waals surface area contributed by atoms with Crippen molar-refractivity contribution in [2.24, 2.45) is 0 Å². The predicted molar refractivity (Wildman–Crippen MR) is 57.2 cm³/mol. The fourth-order valence-electron chi connectivity index (χ4n) is 1.24. The molecule has 1 N–H and O–H groups in total. The Balaban J connectivity index is 1.92. The molecule has 0 spiro atoms. The van der Waals surface area contributed by atoms with Crippen LogP contribution < -0.4 is 5.32 Å². The van der Waals surface area contributed by atoms with Crippen molar-refractivity contribution in [2.45, 2.75) is 12.8 Å². The van der Waals surface area contributed by atoms with Crippen LogP contribution in [-0.4, -0.2) is 33.4 Å². The molecule has 0 aromatic rings. The molecule has 1 aliphatic rings. The molecule has 1 aliphatic heterocycles. The third kappa shape index (κ3) is 5.04. The molecule has 0 fully saturated rings. The lowest BCUT2D eigenvalue weighted by molar-refractivity contribution is 0.199. The van der Waals surface area contributed by atoms with Crippen LogP contribution in [0.15, 0.2) is 24.0 Å². The van der Waals surface area contributed by atoms with E-state index in [4.69, 9.17) is 9.47 Å². The van der Waals surface area contributed by atoms with Crippen LogP contribution >= 0.6 is 0 Å². The van der Waals surface area contributed by atoms with Gasteiger partial charge in [-0.3, -0.25) is 0 Å². The second-order valence-electron chi connectivity index (χ2n) is 3.18. The number of methoxy groups -OCH3 is 1. The van der Waals surface area contributed by atoms with Crippen LogP contribution in [0.4, 0.5) is 0 Å². The Morgan fingerprint density at radius 1 is 1.57 bits per heavy atom. The normalized spacial score (nSPS) is 15.9. The van der Waals surface area contributed by atoms with Gasteiger partial charge in [0.1, 0.15) is 5.76 Å². The van der Waals surface area contributed by atoms with Crippen molar-refractivity contribution in [3.63, 3.8) is 0 Å². The summed E-state index contributed by atoms with van der Waals surface area (Å²) in [4.78, 5) is 0. The lowest BCUT2D eigenvalue weighted by Gasteiger charge is -2.00. The number of allylic oxidation sites excluding steroid dienone is 1. The first kappa shape index (κ1) is 11.3. The van der Waals surface area contributed by atoms with E-state index in [0.717, 1.165) is 44.9 Å². The van der Waals surface area contributed by atoms with E-state index in [1.165, 1.54) is 0 Å². The molecule has 1 rings (SSSR count). The van der Waals surface area contributed by atoms with E-state index in [1.807, 2.05) is 6.08 Å². The number of rotatable bonds is 7. The molecule has 3 heteroatoms. The van der Waals surface area contributed by atoms with Crippen molar-refractivity contribution < 1.29 is 9.47 Å².